The lowest BCUT2D eigenvalue weighted by Crippen LogP contribution is -2.48. The van der Waals surface area contributed by atoms with Crippen LogP contribution in [0.5, 0.6) is 0 Å². The highest BCUT2D eigenvalue weighted by Gasteiger charge is 2.45. The van der Waals surface area contributed by atoms with E-state index in [4.69, 9.17) is 5.73 Å². The molecular weight excluding hydrogens is 148 g/mol. The van der Waals surface area contributed by atoms with Crippen LogP contribution in [0.3, 0.4) is 0 Å². The summed E-state index contributed by atoms with van der Waals surface area (Å²) in [6.07, 6.45) is 8.31. The molecule has 0 aromatic carbocycles. The maximum absolute atomic E-state index is 6.01. The Labute approximate surface area is 74.1 Å². The third kappa shape index (κ3) is 1.01. The number of rotatable bonds is 1. The Morgan fingerprint density at radius 3 is 1.83 bits per heavy atom. The van der Waals surface area contributed by atoms with Crippen molar-refractivity contribution in [3.05, 3.63) is 0 Å². The van der Waals surface area contributed by atoms with E-state index in [9.17, 15) is 0 Å². The third-order valence-corrected chi connectivity index (χ3v) is 3.79. The van der Waals surface area contributed by atoms with Gasteiger partial charge in [-0.2, -0.15) is 0 Å². The number of nitrogens with two attached hydrogens (primary N) is 1. The first-order chi connectivity index (χ1) is 5.84. The van der Waals surface area contributed by atoms with E-state index in [1.54, 1.807) is 0 Å². The van der Waals surface area contributed by atoms with Gasteiger partial charge in [0.2, 0.25) is 0 Å². The van der Waals surface area contributed by atoms with E-state index in [0.29, 0.717) is 6.04 Å². The maximum atomic E-state index is 6.01. The van der Waals surface area contributed by atoms with Crippen molar-refractivity contribution >= 4 is 0 Å². The number of hydrogen-bond acceptors (Lipinski definition) is 2. The van der Waals surface area contributed by atoms with Gasteiger partial charge in [0.05, 0.1) is 0 Å². The zero-order valence-electron chi connectivity index (χ0n) is 7.58. The van der Waals surface area contributed by atoms with Crippen LogP contribution >= 0.6 is 0 Å². The summed E-state index contributed by atoms with van der Waals surface area (Å²) in [5.41, 5.74) is 6.01. The number of hydrogen-bond donors (Lipinski definition) is 1. The molecule has 2 heteroatoms. The van der Waals surface area contributed by atoms with Gasteiger partial charge in [0.15, 0.2) is 0 Å². The van der Waals surface area contributed by atoms with Gasteiger partial charge in [0.25, 0.3) is 0 Å². The second-order valence-corrected chi connectivity index (χ2v) is 4.79. The van der Waals surface area contributed by atoms with Gasteiger partial charge in [0.1, 0.15) is 0 Å². The minimum Gasteiger partial charge on any atom is -0.328 e. The van der Waals surface area contributed by atoms with Gasteiger partial charge in [-0.3, -0.25) is 4.90 Å². The molecule has 68 valence electrons. The van der Waals surface area contributed by atoms with Crippen molar-refractivity contribution in [3.63, 3.8) is 0 Å². The lowest BCUT2D eigenvalue weighted by atomic mass is 9.98. The average Bonchev–Trinajstić information content (AvgIpc) is 2.80. The van der Waals surface area contributed by atoms with Crippen molar-refractivity contribution < 1.29 is 0 Å². The van der Waals surface area contributed by atoms with E-state index in [1.807, 2.05) is 0 Å². The summed E-state index contributed by atoms with van der Waals surface area (Å²) in [7, 11) is 0. The molecule has 0 aromatic rings. The van der Waals surface area contributed by atoms with Crippen LogP contribution < -0.4 is 5.73 Å². The Morgan fingerprint density at radius 1 is 0.833 bits per heavy atom. The molecule has 2 saturated heterocycles. The van der Waals surface area contributed by atoms with E-state index >= 15 is 0 Å². The summed E-state index contributed by atoms with van der Waals surface area (Å²) < 4.78 is 0. The van der Waals surface area contributed by atoms with Crippen LogP contribution in [-0.2, 0) is 0 Å². The molecule has 2 nitrogen and oxygen atoms in total. The number of piperidine rings is 1. The standard InChI is InChI=1S/C10H18N2/c11-7-5-9-3-4-10(6-7)12(9)8-1-2-8/h7-10H,1-6,11H2. The molecule has 0 aromatic heterocycles. The first-order valence-electron chi connectivity index (χ1n) is 5.37. The highest BCUT2D eigenvalue weighted by molar-refractivity contribution is 5.02. The van der Waals surface area contributed by atoms with Crippen LogP contribution in [0.1, 0.15) is 38.5 Å². The van der Waals surface area contributed by atoms with Crippen LogP contribution in [-0.4, -0.2) is 29.1 Å². The van der Waals surface area contributed by atoms with Gasteiger partial charge in [-0.15, -0.1) is 0 Å². The molecule has 1 saturated carbocycles. The van der Waals surface area contributed by atoms with Crippen molar-refractivity contribution in [2.24, 2.45) is 5.73 Å². The molecule has 2 unspecified atom stereocenters. The fraction of sp³-hybridized carbons (Fsp3) is 1.00. The minimum absolute atomic E-state index is 0.512. The Morgan fingerprint density at radius 2 is 1.33 bits per heavy atom. The summed E-state index contributed by atoms with van der Waals surface area (Å²) in [4.78, 5) is 2.80. The summed E-state index contributed by atoms with van der Waals surface area (Å²) in [5, 5.41) is 0. The summed E-state index contributed by atoms with van der Waals surface area (Å²) in [6, 6.07) is 3.21. The Balaban J connectivity index is 1.78. The first-order valence-corrected chi connectivity index (χ1v) is 5.37. The minimum atomic E-state index is 0.512. The molecule has 3 aliphatic rings. The van der Waals surface area contributed by atoms with Crippen LogP contribution in [0.2, 0.25) is 0 Å². The van der Waals surface area contributed by atoms with Crippen LogP contribution in [0.4, 0.5) is 0 Å². The molecule has 2 atom stereocenters. The van der Waals surface area contributed by atoms with E-state index in [2.05, 4.69) is 4.90 Å². The second kappa shape index (κ2) is 2.46. The number of nitrogens with zero attached hydrogens (tertiary/aromatic N) is 1. The van der Waals surface area contributed by atoms with Crippen molar-refractivity contribution in [2.45, 2.75) is 62.7 Å². The molecule has 0 radical (unpaired) electrons. The van der Waals surface area contributed by atoms with Crippen molar-refractivity contribution in [1.82, 2.24) is 4.90 Å². The van der Waals surface area contributed by atoms with Gasteiger partial charge in [-0.05, 0) is 38.5 Å². The van der Waals surface area contributed by atoms with E-state index in [-0.39, 0.29) is 0 Å². The van der Waals surface area contributed by atoms with Crippen LogP contribution in [0.25, 0.3) is 0 Å². The molecule has 2 bridgehead atoms. The lowest BCUT2D eigenvalue weighted by Gasteiger charge is -2.37. The molecule has 1 aliphatic carbocycles. The van der Waals surface area contributed by atoms with Crippen molar-refractivity contribution in [3.8, 4) is 0 Å². The largest absolute Gasteiger partial charge is 0.328 e. The summed E-state index contributed by atoms with van der Waals surface area (Å²) in [5.74, 6) is 0. The molecule has 2 aliphatic heterocycles. The molecule has 3 rings (SSSR count). The monoisotopic (exact) mass is 166 g/mol. The number of fused-ring (bicyclic) bond motifs is 2. The Bertz CT molecular complexity index is 174. The summed E-state index contributed by atoms with van der Waals surface area (Å²) >= 11 is 0. The quantitative estimate of drug-likeness (QED) is 0.632. The zero-order valence-corrected chi connectivity index (χ0v) is 7.58. The molecule has 2 heterocycles. The Hall–Kier alpha value is -0.0800. The van der Waals surface area contributed by atoms with Crippen LogP contribution in [0, 0.1) is 0 Å². The molecule has 0 amide bonds. The maximum Gasteiger partial charge on any atom is 0.0116 e. The predicted molar refractivity (Wildman–Crippen MR) is 48.9 cm³/mol. The second-order valence-electron chi connectivity index (χ2n) is 4.79. The van der Waals surface area contributed by atoms with E-state index in [1.165, 1.54) is 38.5 Å². The lowest BCUT2D eigenvalue weighted by molar-refractivity contribution is 0.119. The topological polar surface area (TPSA) is 29.3 Å². The molecule has 3 fully saturated rings. The SMILES string of the molecule is NC1CC2CCC(C1)N2C1CC1. The van der Waals surface area contributed by atoms with Crippen LogP contribution in [0.15, 0.2) is 0 Å². The molecule has 12 heavy (non-hydrogen) atoms. The Kier molecular flexibility index (Phi) is 1.50. The summed E-state index contributed by atoms with van der Waals surface area (Å²) in [6.45, 7) is 0. The predicted octanol–water partition coefficient (Wildman–Crippen LogP) is 1.10. The highest BCUT2D eigenvalue weighted by Crippen LogP contribution is 2.42. The van der Waals surface area contributed by atoms with Gasteiger partial charge >= 0.3 is 0 Å². The van der Waals surface area contributed by atoms with Gasteiger partial charge in [-0.1, -0.05) is 0 Å². The van der Waals surface area contributed by atoms with E-state index < -0.39 is 0 Å². The third-order valence-electron chi connectivity index (χ3n) is 3.79. The fourth-order valence-corrected chi connectivity index (χ4v) is 3.22. The normalized spacial score (nSPS) is 48.2. The first kappa shape index (κ1) is 7.34. The highest BCUT2D eigenvalue weighted by atomic mass is 15.3. The average molecular weight is 166 g/mol. The van der Waals surface area contributed by atoms with Gasteiger partial charge in [-0.25, -0.2) is 0 Å². The van der Waals surface area contributed by atoms with Gasteiger partial charge in [0, 0.05) is 24.2 Å². The molecule has 0 spiro atoms. The van der Waals surface area contributed by atoms with Crippen molar-refractivity contribution in [2.75, 3.05) is 0 Å². The smallest absolute Gasteiger partial charge is 0.0116 e. The zero-order chi connectivity index (χ0) is 8.13. The fourth-order valence-electron chi connectivity index (χ4n) is 3.22. The molecule has 2 N–H and O–H groups in total. The van der Waals surface area contributed by atoms with Gasteiger partial charge < -0.3 is 5.73 Å². The molecular formula is C10H18N2. The van der Waals surface area contributed by atoms with Crippen molar-refractivity contribution in [1.29, 1.82) is 0 Å². The van der Waals surface area contributed by atoms with E-state index in [0.717, 1.165) is 18.1 Å².